The van der Waals surface area contributed by atoms with Crippen LogP contribution in [0.3, 0.4) is 0 Å². The third-order valence-corrected chi connectivity index (χ3v) is 5.53. The number of piperazine rings is 1. The first kappa shape index (κ1) is 21.2. The van der Waals surface area contributed by atoms with Crippen LogP contribution in [0.1, 0.15) is 52.9 Å². The zero-order valence-corrected chi connectivity index (χ0v) is 18.0. The summed E-state index contributed by atoms with van der Waals surface area (Å²) in [6.45, 7) is 12.9. The van der Waals surface area contributed by atoms with E-state index in [1.54, 1.807) is 17.0 Å². The summed E-state index contributed by atoms with van der Waals surface area (Å²) in [5, 5.41) is 0. The first-order chi connectivity index (χ1) is 13.6. The van der Waals surface area contributed by atoms with Crippen molar-refractivity contribution in [2.24, 2.45) is 0 Å². The Bertz CT molecular complexity index is 919. The predicted molar refractivity (Wildman–Crippen MR) is 112 cm³/mol. The van der Waals surface area contributed by atoms with Crippen molar-refractivity contribution in [3.05, 3.63) is 58.7 Å². The van der Waals surface area contributed by atoms with Gasteiger partial charge in [-0.25, -0.2) is 4.39 Å². The SMILES string of the molecule is Cc1cc(C(=O)CN2CCN(C(=O)c3ccccc3F)CC2)c(C)n1C(C)(C)C. The van der Waals surface area contributed by atoms with E-state index in [2.05, 4.69) is 30.2 Å². The summed E-state index contributed by atoms with van der Waals surface area (Å²) in [5.41, 5.74) is 2.87. The summed E-state index contributed by atoms with van der Waals surface area (Å²) < 4.78 is 16.1. The van der Waals surface area contributed by atoms with Crippen molar-refractivity contribution < 1.29 is 14.0 Å². The van der Waals surface area contributed by atoms with Gasteiger partial charge in [0.1, 0.15) is 5.82 Å². The van der Waals surface area contributed by atoms with Crippen LogP contribution in [0.15, 0.2) is 30.3 Å². The number of carbonyl (C=O) groups is 2. The molecule has 1 aromatic carbocycles. The Balaban J connectivity index is 1.62. The van der Waals surface area contributed by atoms with E-state index in [0.29, 0.717) is 32.7 Å². The zero-order valence-electron chi connectivity index (χ0n) is 18.0. The number of hydrogen-bond donors (Lipinski definition) is 0. The van der Waals surface area contributed by atoms with E-state index >= 15 is 0 Å². The lowest BCUT2D eigenvalue weighted by molar-refractivity contribution is 0.0620. The van der Waals surface area contributed by atoms with Gasteiger partial charge in [-0.15, -0.1) is 0 Å². The van der Waals surface area contributed by atoms with Gasteiger partial charge in [-0.3, -0.25) is 14.5 Å². The number of aryl methyl sites for hydroxylation is 1. The number of amides is 1. The highest BCUT2D eigenvalue weighted by Gasteiger charge is 2.27. The first-order valence-electron chi connectivity index (χ1n) is 10.1. The molecule has 156 valence electrons. The molecule has 0 atom stereocenters. The Labute approximate surface area is 172 Å². The lowest BCUT2D eigenvalue weighted by Crippen LogP contribution is -2.50. The average Bonchev–Trinajstić information content (AvgIpc) is 2.96. The Kier molecular flexibility index (Phi) is 5.94. The Morgan fingerprint density at radius 1 is 1.00 bits per heavy atom. The van der Waals surface area contributed by atoms with Crippen molar-refractivity contribution in [1.82, 2.24) is 14.4 Å². The zero-order chi connectivity index (χ0) is 21.3. The number of carbonyl (C=O) groups excluding carboxylic acids is 2. The number of rotatable bonds is 4. The quantitative estimate of drug-likeness (QED) is 0.738. The fourth-order valence-electron chi connectivity index (χ4n) is 4.28. The molecule has 0 unspecified atom stereocenters. The molecule has 1 aromatic heterocycles. The molecule has 29 heavy (non-hydrogen) atoms. The first-order valence-corrected chi connectivity index (χ1v) is 10.1. The fourth-order valence-corrected chi connectivity index (χ4v) is 4.28. The van der Waals surface area contributed by atoms with Crippen molar-refractivity contribution in [1.29, 1.82) is 0 Å². The second-order valence-corrected chi connectivity index (χ2v) is 8.76. The highest BCUT2D eigenvalue weighted by Crippen LogP contribution is 2.25. The van der Waals surface area contributed by atoms with Gasteiger partial charge < -0.3 is 9.47 Å². The van der Waals surface area contributed by atoms with Gasteiger partial charge in [-0.2, -0.15) is 0 Å². The predicted octanol–water partition coefficient (Wildman–Crippen LogP) is 3.64. The van der Waals surface area contributed by atoms with Crippen molar-refractivity contribution in [2.45, 2.75) is 40.2 Å². The van der Waals surface area contributed by atoms with Crippen LogP contribution < -0.4 is 0 Å². The van der Waals surface area contributed by atoms with Crippen LogP contribution in [-0.2, 0) is 5.54 Å². The molecule has 0 radical (unpaired) electrons. The van der Waals surface area contributed by atoms with Gasteiger partial charge in [-0.05, 0) is 52.8 Å². The summed E-state index contributed by atoms with van der Waals surface area (Å²) in [6.07, 6.45) is 0. The molecule has 2 aromatic rings. The van der Waals surface area contributed by atoms with E-state index in [9.17, 15) is 14.0 Å². The van der Waals surface area contributed by atoms with E-state index in [-0.39, 0.29) is 22.8 Å². The van der Waals surface area contributed by atoms with Gasteiger partial charge in [0.05, 0.1) is 12.1 Å². The van der Waals surface area contributed by atoms with Crippen LogP contribution in [0, 0.1) is 19.7 Å². The monoisotopic (exact) mass is 399 g/mol. The summed E-state index contributed by atoms with van der Waals surface area (Å²) >= 11 is 0. The van der Waals surface area contributed by atoms with Crippen LogP contribution in [-0.4, -0.2) is 58.8 Å². The maximum atomic E-state index is 13.9. The van der Waals surface area contributed by atoms with E-state index < -0.39 is 5.82 Å². The summed E-state index contributed by atoms with van der Waals surface area (Å²) in [6, 6.07) is 8.03. The fraction of sp³-hybridized carbons (Fsp3) is 0.478. The van der Waals surface area contributed by atoms with Gasteiger partial charge >= 0.3 is 0 Å². The van der Waals surface area contributed by atoms with Crippen molar-refractivity contribution in [3.8, 4) is 0 Å². The van der Waals surface area contributed by atoms with E-state index in [1.807, 2.05) is 19.9 Å². The molecule has 0 aliphatic carbocycles. The largest absolute Gasteiger partial charge is 0.343 e. The molecular formula is C23H30FN3O2. The molecule has 1 saturated heterocycles. The van der Waals surface area contributed by atoms with Gasteiger partial charge in [-0.1, -0.05) is 12.1 Å². The molecule has 0 saturated carbocycles. The average molecular weight is 400 g/mol. The number of aromatic nitrogens is 1. The number of Topliss-reactive ketones (excluding diaryl/α,β-unsaturated/α-hetero) is 1. The van der Waals surface area contributed by atoms with Crippen LogP contribution in [0.25, 0.3) is 0 Å². The number of nitrogens with zero attached hydrogens (tertiary/aromatic N) is 3. The molecule has 0 N–H and O–H groups in total. The standard InChI is InChI=1S/C23H30FN3O2/c1-16-14-19(17(2)27(16)23(3,4)5)21(28)15-25-10-12-26(13-11-25)22(29)18-8-6-7-9-20(18)24/h6-9,14H,10-13,15H2,1-5H3. The molecule has 3 rings (SSSR count). The van der Waals surface area contributed by atoms with E-state index in [0.717, 1.165) is 17.0 Å². The number of hydrogen-bond acceptors (Lipinski definition) is 3. The van der Waals surface area contributed by atoms with Crippen LogP contribution >= 0.6 is 0 Å². The normalized spacial score (nSPS) is 15.6. The van der Waals surface area contributed by atoms with Gasteiger partial charge in [0, 0.05) is 48.7 Å². The maximum Gasteiger partial charge on any atom is 0.256 e. The van der Waals surface area contributed by atoms with Gasteiger partial charge in [0.25, 0.3) is 5.91 Å². The smallest absolute Gasteiger partial charge is 0.256 e. The minimum absolute atomic E-state index is 0.0780. The lowest BCUT2D eigenvalue weighted by Gasteiger charge is -2.34. The minimum Gasteiger partial charge on any atom is -0.343 e. The molecule has 6 heteroatoms. The van der Waals surface area contributed by atoms with Gasteiger partial charge in [0.2, 0.25) is 0 Å². The van der Waals surface area contributed by atoms with E-state index in [4.69, 9.17) is 0 Å². The maximum absolute atomic E-state index is 13.9. The molecule has 2 heterocycles. The molecule has 0 spiro atoms. The lowest BCUT2D eigenvalue weighted by atomic mass is 10.1. The van der Waals surface area contributed by atoms with Crippen molar-refractivity contribution >= 4 is 11.7 Å². The molecule has 5 nitrogen and oxygen atoms in total. The molecular weight excluding hydrogens is 369 g/mol. The molecule has 1 amide bonds. The number of halogens is 1. The Hall–Kier alpha value is -2.47. The number of benzene rings is 1. The summed E-state index contributed by atoms with van der Waals surface area (Å²) in [5.74, 6) is -0.686. The van der Waals surface area contributed by atoms with Crippen LogP contribution in [0.4, 0.5) is 4.39 Å². The highest BCUT2D eigenvalue weighted by atomic mass is 19.1. The molecule has 1 aliphatic heterocycles. The summed E-state index contributed by atoms with van der Waals surface area (Å²) in [7, 11) is 0. The van der Waals surface area contributed by atoms with E-state index in [1.165, 1.54) is 12.1 Å². The van der Waals surface area contributed by atoms with Crippen LogP contribution in [0.2, 0.25) is 0 Å². The second kappa shape index (κ2) is 8.11. The molecule has 0 bridgehead atoms. The second-order valence-electron chi connectivity index (χ2n) is 8.76. The molecule has 1 aliphatic rings. The third-order valence-electron chi connectivity index (χ3n) is 5.53. The Morgan fingerprint density at radius 3 is 2.17 bits per heavy atom. The number of ketones is 1. The minimum atomic E-state index is -0.496. The third kappa shape index (κ3) is 4.42. The Morgan fingerprint density at radius 2 is 1.62 bits per heavy atom. The van der Waals surface area contributed by atoms with Crippen molar-refractivity contribution in [3.63, 3.8) is 0 Å². The van der Waals surface area contributed by atoms with Crippen LogP contribution in [0.5, 0.6) is 0 Å². The summed E-state index contributed by atoms with van der Waals surface area (Å²) in [4.78, 5) is 29.2. The molecule has 1 fully saturated rings. The topological polar surface area (TPSA) is 45.6 Å². The van der Waals surface area contributed by atoms with Crippen molar-refractivity contribution in [2.75, 3.05) is 32.7 Å². The van der Waals surface area contributed by atoms with Gasteiger partial charge in [0.15, 0.2) is 5.78 Å². The highest BCUT2D eigenvalue weighted by molar-refractivity contribution is 5.99.